The zero-order chi connectivity index (χ0) is 17.6. The summed E-state index contributed by atoms with van der Waals surface area (Å²) < 4.78 is 25.1. The number of carbonyl (C=O) groups is 1. The number of sulfonamides is 1. The van der Waals surface area contributed by atoms with E-state index in [2.05, 4.69) is 10.3 Å². The highest BCUT2D eigenvalue weighted by atomic mass is 35.5. The summed E-state index contributed by atoms with van der Waals surface area (Å²) >= 11 is 6.07. The molecule has 8 heteroatoms. The van der Waals surface area contributed by atoms with Crippen molar-refractivity contribution in [2.45, 2.75) is 13.0 Å². The first-order chi connectivity index (χ1) is 11.4. The Kier molecular flexibility index (Phi) is 6.16. The molecule has 0 aliphatic carbocycles. The summed E-state index contributed by atoms with van der Waals surface area (Å²) in [5.74, 6) is -0.263. The smallest absolute Gasteiger partial charge is 0.232 e. The maximum Gasteiger partial charge on any atom is 0.232 e. The van der Waals surface area contributed by atoms with Crippen LogP contribution in [-0.2, 0) is 21.4 Å². The predicted molar refractivity (Wildman–Crippen MR) is 94.3 cm³/mol. The van der Waals surface area contributed by atoms with Gasteiger partial charge in [-0.25, -0.2) is 8.42 Å². The second-order valence-corrected chi connectivity index (χ2v) is 7.45. The Labute approximate surface area is 146 Å². The van der Waals surface area contributed by atoms with Gasteiger partial charge < -0.3 is 5.32 Å². The van der Waals surface area contributed by atoms with Crippen molar-refractivity contribution in [3.63, 3.8) is 0 Å². The molecule has 0 fully saturated rings. The normalized spacial score (nSPS) is 11.1. The molecule has 128 valence electrons. The van der Waals surface area contributed by atoms with Crippen LogP contribution >= 0.6 is 11.6 Å². The number of para-hydroxylation sites is 1. The molecule has 0 bridgehead atoms. The van der Waals surface area contributed by atoms with Crippen molar-refractivity contribution in [2.75, 3.05) is 17.1 Å². The third-order valence-corrected chi connectivity index (χ3v) is 4.76. The molecule has 0 unspecified atom stereocenters. The second-order valence-electron chi connectivity index (χ2n) is 5.13. The Morgan fingerprint density at radius 3 is 2.54 bits per heavy atom. The lowest BCUT2D eigenvalue weighted by Crippen LogP contribution is -2.34. The number of amides is 1. The zero-order valence-corrected chi connectivity index (χ0v) is 14.7. The van der Waals surface area contributed by atoms with Gasteiger partial charge >= 0.3 is 0 Å². The second kappa shape index (κ2) is 8.12. The third-order valence-electron chi connectivity index (χ3n) is 3.26. The van der Waals surface area contributed by atoms with Crippen LogP contribution in [0.4, 0.5) is 5.69 Å². The number of rotatable bonds is 7. The molecule has 1 amide bonds. The number of benzene rings is 1. The molecule has 6 nitrogen and oxygen atoms in total. The van der Waals surface area contributed by atoms with Crippen molar-refractivity contribution in [3.8, 4) is 0 Å². The molecule has 24 heavy (non-hydrogen) atoms. The molecule has 1 N–H and O–H groups in total. The standard InChI is InChI=1S/C16H18ClN3O3S/c1-24(22,23)20(15-8-3-2-7-14(15)17)11-9-16(21)19-12-13-6-4-5-10-18-13/h2-8,10H,9,11-12H2,1H3,(H,19,21). The SMILES string of the molecule is CS(=O)(=O)N(CCC(=O)NCc1ccccn1)c1ccccc1Cl. The monoisotopic (exact) mass is 367 g/mol. The topological polar surface area (TPSA) is 79.4 Å². The van der Waals surface area contributed by atoms with Crippen LogP contribution in [0.15, 0.2) is 48.7 Å². The van der Waals surface area contributed by atoms with E-state index in [1.165, 1.54) is 0 Å². The van der Waals surface area contributed by atoms with E-state index in [1.54, 1.807) is 42.6 Å². The maximum absolute atomic E-state index is 12.0. The quantitative estimate of drug-likeness (QED) is 0.813. The fraction of sp³-hybridized carbons (Fsp3) is 0.250. The Morgan fingerprint density at radius 2 is 1.92 bits per heavy atom. The van der Waals surface area contributed by atoms with Gasteiger partial charge in [0.25, 0.3) is 0 Å². The van der Waals surface area contributed by atoms with Crippen molar-refractivity contribution in [2.24, 2.45) is 0 Å². The molecule has 1 aromatic carbocycles. The number of nitrogens with zero attached hydrogens (tertiary/aromatic N) is 2. The van der Waals surface area contributed by atoms with E-state index >= 15 is 0 Å². The highest BCUT2D eigenvalue weighted by Gasteiger charge is 2.20. The molecule has 1 heterocycles. The van der Waals surface area contributed by atoms with Crippen molar-refractivity contribution in [3.05, 3.63) is 59.4 Å². The number of pyridine rings is 1. The lowest BCUT2D eigenvalue weighted by molar-refractivity contribution is -0.121. The lowest BCUT2D eigenvalue weighted by atomic mass is 10.3. The Hall–Kier alpha value is -2.12. The summed E-state index contributed by atoms with van der Waals surface area (Å²) in [7, 11) is -3.55. The van der Waals surface area contributed by atoms with Gasteiger partial charge in [0.05, 0.1) is 29.2 Å². The summed E-state index contributed by atoms with van der Waals surface area (Å²) in [5.41, 5.74) is 1.09. The highest BCUT2D eigenvalue weighted by molar-refractivity contribution is 7.92. The van der Waals surface area contributed by atoms with Crippen molar-refractivity contribution in [1.29, 1.82) is 0 Å². The number of anilines is 1. The van der Waals surface area contributed by atoms with E-state index in [0.29, 0.717) is 17.3 Å². The largest absolute Gasteiger partial charge is 0.350 e. The third kappa shape index (κ3) is 5.21. The minimum Gasteiger partial charge on any atom is -0.350 e. The van der Waals surface area contributed by atoms with Crippen LogP contribution in [0.1, 0.15) is 12.1 Å². The van der Waals surface area contributed by atoms with Crippen LogP contribution in [0.5, 0.6) is 0 Å². The lowest BCUT2D eigenvalue weighted by Gasteiger charge is -2.23. The summed E-state index contributed by atoms with van der Waals surface area (Å²) in [6.45, 7) is 0.307. The van der Waals surface area contributed by atoms with E-state index < -0.39 is 10.0 Å². The van der Waals surface area contributed by atoms with E-state index in [9.17, 15) is 13.2 Å². The van der Waals surface area contributed by atoms with Crippen molar-refractivity contribution in [1.82, 2.24) is 10.3 Å². The highest BCUT2D eigenvalue weighted by Crippen LogP contribution is 2.27. The van der Waals surface area contributed by atoms with E-state index in [-0.39, 0.29) is 18.9 Å². The number of nitrogens with one attached hydrogen (secondary N) is 1. The van der Waals surface area contributed by atoms with Crippen LogP contribution in [0.25, 0.3) is 0 Å². The summed E-state index contributed by atoms with van der Waals surface area (Å²) in [6.07, 6.45) is 2.75. The zero-order valence-electron chi connectivity index (χ0n) is 13.1. The van der Waals surface area contributed by atoms with Crippen molar-refractivity contribution < 1.29 is 13.2 Å². The Balaban J connectivity index is 1.98. The predicted octanol–water partition coefficient (Wildman–Crippen LogP) is 2.21. The Bertz CT molecular complexity index is 797. The summed E-state index contributed by atoms with van der Waals surface area (Å²) in [6, 6.07) is 12.0. The average Bonchev–Trinajstić information content (AvgIpc) is 2.54. The van der Waals surface area contributed by atoms with Gasteiger partial charge in [-0.3, -0.25) is 14.1 Å². The van der Waals surface area contributed by atoms with Crippen LogP contribution in [0.2, 0.25) is 5.02 Å². The van der Waals surface area contributed by atoms with Crippen LogP contribution in [-0.4, -0.2) is 32.1 Å². The number of carbonyl (C=O) groups excluding carboxylic acids is 1. The molecule has 0 aliphatic heterocycles. The van der Waals surface area contributed by atoms with E-state index in [0.717, 1.165) is 16.3 Å². The van der Waals surface area contributed by atoms with Crippen molar-refractivity contribution >= 4 is 33.2 Å². The van der Waals surface area contributed by atoms with Gasteiger partial charge in [0, 0.05) is 19.2 Å². The molecule has 0 spiro atoms. The number of hydrogen-bond acceptors (Lipinski definition) is 4. The minimum atomic E-state index is -3.55. The molecular weight excluding hydrogens is 350 g/mol. The molecule has 0 radical (unpaired) electrons. The molecule has 0 saturated carbocycles. The molecule has 2 rings (SSSR count). The molecule has 2 aromatic rings. The van der Waals surface area contributed by atoms with Crippen LogP contribution < -0.4 is 9.62 Å². The van der Waals surface area contributed by atoms with Crippen LogP contribution in [0.3, 0.4) is 0 Å². The first-order valence-corrected chi connectivity index (χ1v) is 9.49. The van der Waals surface area contributed by atoms with Gasteiger partial charge in [-0.05, 0) is 24.3 Å². The summed E-state index contributed by atoms with van der Waals surface area (Å²) in [5, 5.41) is 3.03. The van der Waals surface area contributed by atoms with Gasteiger partial charge in [0.2, 0.25) is 15.9 Å². The molecule has 1 aromatic heterocycles. The van der Waals surface area contributed by atoms with Crippen LogP contribution in [0, 0.1) is 0 Å². The Morgan fingerprint density at radius 1 is 1.21 bits per heavy atom. The van der Waals surface area contributed by atoms with E-state index in [4.69, 9.17) is 11.6 Å². The minimum absolute atomic E-state index is 0.0105. The number of aromatic nitrogens is 1. The van der Waals surface area contributed by atoms with Gasteiger partial charge in [0.15, 0.2) is 0 Å². The van der Waals surface area contributed by atoms with E-state index in [1.807, 2.05) is 6.07 Å². The fourth-order valence-electron chi connectivity index (χ4n) is 2.10. The molecule has 0 atom stereocenters. The average molecular weight is 368 g/mol. The molecule has 0 saturated heterocycles. The summed E-state index contributed by atoms with van der Waals surface area (Å²) in [4.78, 5) is 16.1. The number of hydrogen-bond donors (Lipinski definition) is 1. The first-order valence-electron chi connectivity index (χ1n) is 7.27. The first kappa shape index (κ1) is 18.2. The molecular formula is C16H18ClN3O3S. The van der Waals surface area contributed by atoms with Gasteiger partial charge in [-0.2, -0.15) is 0 Å². The van der Waals surface area contributed by atoms with Gasteiger partial charge in [0.1, 0.15) is 0 Å². The maximum atomic E-state index is 12.0. The fourth-order valence-corrected chi connectivity index (χ4v) is 3.33. The molecule has 0 aliphatic rings. The van der Waals surface area contributed by atoms with Gasteiger partial charge in [-0.15, -0.1) is 0 Å². The van der Waals surface area contributed by atoms with Gasteiger partial charge in [-0.1, -0.05) is 29.8 Å². The number of halogens is 1.